The third-order valence-electron chi connectivity index (χ3n) is 2.04. The molecule has 2 rings (SSSR count). The molecule has 0 aliphatic rings. The van der Waals surface area contributed by atoms with Crippen molar-refractivity contribution in [2.75, 3.05) is 6.61 Å². The maximum Gasteiger partial charge on any atom is 0.255 e. The van der Waals surface area contributed by atoms with Gasteiger partial charge in [-0.1, -0.05) is 23.6 Å². The van der Waals surface area contributed by atoms with Gasteiger partial charge >= 0.3 is 0 Å². The molecule has 0 bridgehead atoms. The molecule has 3 nitrogen and oxygen atoms in total. The molecule has 0 amide bonds. The normalized spacial score (nSPS) is 9.89. The summed E-state index contributed by atoms with van der Waals surface area (Å²) in [5.74, 6) is 5.37. The van der Waals surface area contributed by atoms with Gasteiger partial charge in [0.05, 0.1) is 6.20 Å². The van der Waals surface area contributed by atoms with E-state index in [1.54, 1.807) is 12.3 Å². The van der Waals surface area contributed by atoms with Crippen molar-refractivity contribution in [3.63, 3.8) is 0 Å². The van der Waals surface area contributed by atoms with E-state index in [9.17, 15) is 4.39 Å². The molecular formula is C13H10FNO2S. The Hall–Kier alpha value is -1.77. The first-order valence-electron chi connectivity index (χ1n) is 5.19. The number of benzene rings is 1. The van der Waals surface area contributed by atoms with Crippen molar-refractivity contribution in [1.29, 1.82) is 0 Å². The highest BCUT2D eigenvalue weighted by atomic mass is 32.2. The number of hydrogen-bond acceptors (Lipinski definition) is 4. The van der Waals surface area contributed by atoms with Crippen LogP contribution in [0.25, 0.3) is 0 Å². The van der Waals surface area contributed by atoms with Gasteiger partial charge < -0.3 is 9.52 Å². The number of aromatic nitrogens is 1. The molecule has 0 spiro atoms. The zero-order chi connectivity index (χ0) is 12.8. The van der Waals surface area contributed by atoms with Gasteiger partial charge in [-0.25, -0.2) is 9.37 Å². The molecule has 0 fully saturated rings. The van der Waals surface area contributed by atoms with E-state index in [4.69, 9.17) is 9.52 Å². The van der Waals surface area contributed by atoms with E-state index in [1.807, 2.05) is 0 Å². The predicted octanol–water partition coefficient (Wildman–Crippen LogP) is 2.45. The van der Waals surface area contributed by atoms with E-state index >= 15 is 0 Å². The number of aliphatic hydroxyl groups excluding tert-OH is 1. The third-order valence-corrected chi connectivity index (χ3v) is 2.97. The molecule has 0 saturated carbocycles. The van der Waals surface area contributed by atoms with E-state index in [0.717, 1.165) is 5.56 Å². The van der Waals surface area contributed by atoms with Gasteiger partial charge in [0.15, 0.2) is 0 Å². The lowest BCUT2D eigenvalue weighted by Crippen LogP contribution is -1.87. The van der Waals surface area contributed by atoms with Crippen LogP contribution in [-0.2, 0) is 5.75 Å². The molecule has 1 N–H and O–H groups in total. The van der Waals surface area contributed by atoms with Gasteiger partial charge in [0.25, 0.3) is 5.22 Å². The largest absolute Gasteiger partial charge is 0.440 e. The summed E-state index contributed by atoms with van der Waals surface area (Å²) >= 11 is 1.38. The monoisotopic (exact) mass is 263 g/mol. The molecule has 1 aromatic heterocycles. The fraction of sp³-hybridized carbons (Fsp3) is 0.154. The fourth-order valence-electron chi connectivity index (χ4n) is 1.37. The quantitative estimate of drug-likeness (QED) is 0.682. The molecule has 5 heteroatoms. The third kappa shape index (κ3) is 3.62. The summed E-state index contributed by atoms with van der Waals surface area (Å²) in [6.07, 6.45) is 3.05. The minimum Gasteiger partial charge on any atom is -0.440 e. The van der Waals surface area contributed by atoms with Crippen LogP contribution in [0.1, 0.15) is 11.1 Å². The average molecular weight is 263 g/mol. The Labute approximate surface area is 108 Å². The van der Waals surface area contributed by atoms with Crippen LogP contribution in [-0.4, -0.2) is 16.7 Å². The first kappa shape index (κ1) is 12.7. The van der Waals surface area contributed by atoms with Gasteiger partial charge in [-0.15, -0.1) is 0 Å². The molecular weight excluding hydrogens is 253 g/mol. The Morgan fingerprint density at radius 3 is 3.00 bits per heavy atom. The molecule has 0 unspecified atom stereocenters. The fourth-order valence-corrected chi connectivity index (χ4v) is 2.09. The highest BCUT2D eigenvalue weighted by molar-refractivity contribution is 7.98. The zero-order valence-corrected chi connectivity index (χ0v) is 10.2. The minimum atomic E-state index is -0.345. The topological polar surface area (TPSA) is 46.3 Å². The molecule has 0 aliphatic heterocycles. The Kier molecular flexibility index (Phi) is 4.40. The maximum absolute atomic E-state index is 13.3. The Bertz CT molecular complexity index is 572. The lowest BCUT2D eigenvalue weighted by atomic mass is 10.1. The van der Waals surface area contributed by atoms with E-state index in [0.29, 0.717) is 16.5 Å². The number of thioether (sulfide) groups is 1. The number of oxazole rings is 1. The van der Waals surface area contributed by atoms with E-state index < -0.39 is 0 Å². The van der Waals surface area contributed by atoms with Crippen molar-refractivity contribution in [3.05, 3.63) is 47.6 Å². The van der Waals surface area contributed by atoms with Gasteiger partial charge in [0.1, 0.15) is 18.7 Å². The van der Waals surface area contributed by atoms with Crippen LogP contribution in [0, 0.1) is 17.7 Å². The summed E-state index contributed by atoms with van der Waals surface area (Å²) in [5, 5.41) is 9.15. The van der Waals surface area contributed by atoms with Crippen molar-refractivity contribution < 1.29 is 13.9 Å². The summed E-state index contributed by atoms with van der Waals surface area (Å²) < 4.78 is 18.4. The molecule has 0 aliphatic carbocycles. The summed E-state index contributed by atoms with van der Waals surface area (Å²) in [7, 11) is 0. The summed E-state index contributed by atoms with van der Waals surface area (Å²) in [6.45, 7) is -0.239. The standard InChI is InChI=1S/C13H10FNO2S/c14-12-7-10(2-1-4-16)6-11(8-12)9-18-13-15-3-5-17-13/h3,5-8,16H,4,9H2. The Morgan fingerprint density at radius 2 is 2.28 bits per heavy atom. The number of rotatable bonds is 3. The molecule has 2 aromatic rings. The van der Waals surface area contributed by atoms with Crippen molar-refractivity contribution in [2.24, 2.45) is 0 Å². The number of nitrogens with zero attached hydrogens (tertiary/aromatic N) is 1. The summed E-state index contributed by atoms with van der Waals surface area (Å²) in [6, 6.07) is 4.56. The van der Waals surface area contributed by atoms with Gasteiger partial charge in [0.2, 0.25) is 0 Å². The highest BCUT2D eigenvalue weighted by Crippen LogP contribution is 2.21. The predicted molar refractivity (Wildman–Crippen MR) is 66.4 cm³/mol. The van der Waals surface area contributed by atoms with Gasteiger partial charge in [-0.2, -0.15) is 0 Å². The second-order valence-corrected chi connectivity index (χ2v) is 4.32. The lowest BCUT2D eigenvalue weighted by Gasteiger charge is -2.00. The smallest absolute Gasteiger partial charge is 0.255 e. The van der Waals surface area contributed by atoms with Crippen LogP contribution in [0.5, 0.6) is 0 Å². The zero-order valence-electron chi connectivity index (χ0n) is 9.39. The van der Waals surface area contributed by atoms with Crippen molar-refractivity contribution in [2.45, 2.75) is 11.0 Å². The van der Waals surface area contributed by atoms with E-state index in [2.05, 4.69) is 16.8 Å². The van der Waals surface area contributed by atoms with Crippen LogP contribution < -0.4 is 0 Å². The molecule has 1 aromatic carbocycles. The Balaban J connectivity index is 2.10. The maximum atomic E-state index is 13.3. The van der Waals surface area contributed by atoms with Crippen LogP contribution in [0.15, 0.2) is 40.3 Å². The van der Waals surface area contributed by atoms with Crippen LogP contribution in [0.2, 0.25) is 0 Å². The first-order chi connectivity index (χ1) is 8.78. The molecule has 1 heterocycles. The van der Waals surface area contributed by atoms with Crippen LogP contribution >= 0.6 is 11.8 Å². The number of hydrogen-bond donors (Lipinski definition) is 1. The second-order valence-electron chi connectivity index (χ2n) is 3.39. The number of halogens is 1. The molecule has 92 valence electrons. The first-order valence-corrected chi connectivity index (χ1v) is 6.18. The number of aliphatic hydroxyl groups is 1. The summed E-state index contributed by atoms with van der Waals surface area (Å²) in [4.78, 5) is 3.97. The SMILES string of the molecule is OCC#Cc1cc(F)cc(CSc2ncco2)c1. The molecule has 0 atom stereocenters. The molecule has 0 saturated heterocycles. The highest BCUT2D eigenvalue weighted by Gasteiger charge is 2.03. The van der Waals surface area contributed by atoms with Gasteiger partial charge in [-0.05, 0) is 23.8 Å². The van der Waals surface area contributed by atoms with E-state index in [1.165, 1.54) is 30.2 Å². The Morgan fingerprint density at radius 1 is 1.39 bits per heavy atom. The van der Waals surface area contributed by atoms with Crippen LogP contribution in [0.3, 0.4) is 0 Å². The molecule has 0 radical (unpaired) electrons. The van der Waals surface area contributed by atoms with Crippen molar-refractivity contribution >= 4 is 11.8 Å². The average Bonchev–Trinajstić information content (AvgIpc) is 2.86. The van der Waals surface area contributed by atoms with Crippen LogP contribution in [0.4, 0.5) is 4.39 Å². The van der Waals surface area contributed by atoms with Crippen molar-refractivity contribution in [1.82, 2.24) is 4.98 Å². The molecule has 18 heavy (non-hydrogen) atoms. The lowest BCUT2D eigenvalue weighted by molar-refractivity contribution is 0.350. The van der Waals surface area contributed by atoms with Gasteiger partial charge in [0, 0.05) is 11.3 Å². The van der Waals surface area contributed by atoms with E-state index in [-0.39, 0.29) is 12.4 Å². The van der Waals surface area contributed by atoms with Gasteiger partial charge in [-0.3, -0.25) is 0 Å². The second kappa shape index (κ2) is 6.24. The summed E-state index contributed by atoms with van der Waals surface area (Å²) in [5.41, 5.74) is 1.34. The minimum absolute atomic E-state index is 0.239. The van der Waals surface area contributed by atoms with Crippen molar-refractivity contribution in [3.8, 4) is 11.8 Å².